The summed E-state index contributed by atoms with van der Waals surface area (Å²) in [5, 5.41) is 4.48. The molecule has 0 atom stereocenters. The lowest BCUT2D eigenvalue weighted by molar-refractivity contribution is -0.146. The van der Waals surface area contributed by atoms with Gasteiger partial charge in [0, 0.05) is 7.05 Å². The van der Waals surface area contributed by atoms with Gasteiger partial charge in [-0.25, -0.2) is 5.43 Å². The summed E-state index contributed by atoms with van der Waals surface area (Å²) in [5.74, 6) is 2.51. The molecule has 1 heterocycles. The van der Waals surface area contributed by atoms with Gasteiger partial charge in [0.2, 0.25) is 10.7 Å². The summed E-state index contributed by atoms with van der Waals surface area (Å²) in [6.07, 6.45) is 7.32. The molecule has 1 amide bonds. The van der Waals surface area contributed by atoms with E-state index < -0.39 is 0 Å². The highest BCUT2D eigenvalue weighted by molar-refractivity contribution is 7.16. The molecule has 4 bridgehead atoms. The summed E-state index contributed by atoms with van der Waals surface area (Å²) in [6.45, 7) is 0. The van der Waals surface area contributed by atoms with E-state index in [-0.39, 0.29) is 11.3 Å². The second kappa shape index (κ2) is 5.19. The van der Waals surface area contributed by atoms with Gasteiger partial charge in [-0.2, -0.15) is 0 Å². The number of carbonyl (C=O) groups is 1. The van der Waals surface area contributed by atoms with Crippen molar-refractivity contribution in [3.8, 4) is 0 Å². The highest BCUT2D eigenvalue weighted by atomic mass is 32.1. The van der Waals surface area contributed by atoms with E-state index in [4.69, 9.17) is 0 Å². The Morgan fingerprint density at radius 1 is 1.17 bits per heavy atom. The lowest BCUT2D eigenvalue weighted by atomic mass is 9.49. The Balaban J connectivity index is 1.43. The smallest absolute Gasteiger partial charge is 0.246 e. The fourth-order valence-corrected chi connectivity index (χ4v) is 6.77. The number of rotatable bonds is 2. The van der Waals surface area contributed by atoms with Crippen molar-refractivity contribution < 1.29 is 4.79 Å². The normalized spacial score (nSPS) is 34.9. The Hall–Kier alpha value is -1.62. The minimum atomic E-state index is -0.131. The number of nitrogens with zero attached hydrogens (tertiary/aromatic N) is 2. The van der Waals surface area contributed by atoms with Crippen molar-refractivity contribution >= 4 is 27.5 Å². The number of hydrogen-bond acceptors (Lipinski definition) is 3. The van der Waals surface area contributed by atoms with Gasteiger partial charge in [0.25, 0.3) is 0 Å². The van der Waals surface area contributed by atoms with Crippen LogP contribution in [0, 0.1) is 23.2 Å². The van der Waals surface area contributed by atoms with Crippen LogP contribution in [-0.2, 0) is 11.8 Å². The van der Waals surface area contributed by atoms with Crippen LogP contribution >= 0.6 is 11.3 Å². The Morgan fingerprint density at radius 2 is 1.79 bits per heavy atom. The molecule has 0 saturated heterocycles. The molecule has 126 valence electrons. The molecule has 0 aliphatic heterocycles. The summed E-state index contributed by atoms with van der Waals surface area (Å²) >= 11 is 1.62. The van der Waals surface area contributed by atoms with Crippen LogP contribution in [-0.4, -0.2) is 10.5 Å². The summed E-state index contributed by atoms with van der Waals surface area (Å²) in [4.78, 5) is 13.8. The number of thiazole rings is 1. The van der Waals surface area contributed by atoms with Gasteiger partial charge in [-0.15, -0.1) is 5.10 Å². The molecule has 5 heteroatoms. The molecule has 4 aliphatic rings. The van der Waals surface area contributed by atoms with Crippen molar-refractivity contribution in [2.24, 2.45) is 35.3 Å². The third-order valence-corrected chi connectivity index (χ3v) is 7.60. The second-order valence-electron chi connectivity index (χ2n) is 8.16. The number of nitrogens with one attached hydrogen (secondary N) is 1. The van der Waals surface area contributed by atoms with Gasteiger partial charge < -0.3 is 4.57 Å². The monoisotopic (exact) mass is 341 g/mol. The number of fused-ring (bicyclic) bond motifs is 1. The standard InChI is InChI=1S/C19H23N3OS/c1-22-15-4-2-3-5-16(15)24-18(22)21-20-17(23)19-9-12-6-13(10-19)8-14(7-12)11-19/h2-5,12-14H,6-11H2,1H3,(H,20,23). The van der Waals surface area contributed by atoms with Crippen LogP contribution in [0.3, 0.4) is 0 Å². The fourth-order valence-electron chi connectivity index (χ4n) is 5.79. The van der Waals surface area contributed by atoms with Crippen LogP contribution in [0.4, 0.5) is 0 Å². The lowest BCUT2D eigenvalue weighted by Crippen LogP contribution is -2.53. The summed E-state index contributed by atoms with van der Waals surface area (Å²) < 4.78 is 3.25. The number of amides is 1. The van der Waals surface area contributed by atoms with E-state index in [0.29, 0.717) is 0 Å². The molecule has 1 aromatic heterocycles. The average molecular weight is 341 g/mol. The first-order valence-corrected chi connectivity index (χ1v) is 9.83. The number of aryl methyl sites for hydroxylation is 1. The number of hydrogen-bond donors (Lipinski definition) is 1. The Morgan fingerprint density at radius 3 is 2.42 bits per heavy atom. The van der Waals surface area contributed by atoms with Crippen molar-refractivity contribution in [1.82, 2.24) is 9.99 Å². The zero-order valence-corrected chi connectivity index (χ0v) is 14.8. The van der Waals surface area contributed by atoms with E-state index >= 15 is 0 Å². The highest BCUT2D eigenvalue weighted by Crippen LogP contribution is 2.60. The zero-order chi connectivity index (χ0) is 16.3. The molecule has 4 aliphatic carbocycles. The molecule has 0 radical (unpaired) electrons. The molecule has 4 saturated carbocycles. The lowest BCUT2D eigenvalue weighted by Gasteiger charge is -2.55. The van der Waals surface area contributed by atoms with Crippen LogP contribution in [0.2, 0.25) is 0 Å². The van der Waals surface area contributed by atoms with Gasteiger partial charge in [0.15, 0.2) is 0 Å². The van der Waals surface area contributed by atoms with Gasteiger partial charge >= 0.3 is 0 Å². The predicted molar refractivity (Wildman–Crippen MR) is 95.1 cm³/mol. The minimum absolute atomic E-state index is 0.131. The van der Waals surface area contributed by atoms with Crippen LogP contribution in [0.15, 0.2) is 29.4 Å². The van der Waals surface area contributed by atoms with Crippen LogP contribution in [0.5, 0.6) is 0 Å². The zero-order valence-electron chi connectivity index (χ0n) is 14.0. The SMILES string of the molecule is Cn1c(=NNC(=O)C23CC4CC(CC(C4)C2)C3)sc2ccccc21. The van der Waals surface area contributed by atoms with Crippen molar-refractivity contribution in [3.05, 3.63) is 29.1 Å². The quantitative estimate of drug-likeness (QED) is 0.836. The van der Waals surface area contributed by atoms with Crippen molar-refractivity contribution in [2.45, 2.75) is 38.5 Å². The third-order valence-electron chi connectivity index (χ3n) is 6.49. The van der Waals surface area contributed by atoms with E-state index in [1.54, 1.807) is 11.3 Å². The van der Waals surface area contributed by atoms with E-state index in [2.05, 4.69) is 27.2 Å². The molecule has 1 aromatic carbocycles. The van der Waals surface area contributed by atoms with Gasteiger partial charge in [-0.3, -0.25) is 4.79 Å². The van der Waals surface area contributed by atoms with Gasteiger partial charge in [-0.05, 0) is 68.4 Å². The molecule has 4 nitrogen and oxygen atoms in total. The topological polar surface area (TPSA) is 46.4 Å². The van der Waals surface area contributed by atoms with E-state index in [1.165, 1.54) is 24.0 Å². The molecule has 2 aromatic rings. The molecule has 0 spiro atoms. The Labute approximate surface area is 145 Å². The number of aromatic nitrogens is 1. The first-order chi connectivity index (χ1) is 11.6. The van der Waals surface area contributed by atoms with Crippen LogP contribution in [0.1, 0.15) is 38.5 Å². The van der Waals surface area contributed by atoms with Crippen molar-refractivity contribution in [2.75, 3.05) is 0 Å². The van der Waals surface area contributed by atoms with Crippen LogP contribution in [0.25, 0.3) is 10.2 Å². The maximum atomic E-state index is 13.0. The van der Waals surface area contributed by atoms with E-state index in [9.17, 15) is 4.79 Å². The van der Waals surface area contributed by atoms with Crippen molar-refractivity contribution in [1.29, 1.82) is 0 Å². The molecule has 24 heavy (non-hydrogen) atoms. The van der Waals surface area contributed by atoms with Gasteiger partial charge in [0.1, 0.15) is 0 Å². The third kappa shape index (κ3) is 2.17. The molecular weight excluding hydrogens is 318 g/mol. The van der Waals surface area contributed by atoms with Crippen LogP contribution < -0.4 is 10.2 Å². The molecule has 6 rings (SSSR count). The largest absolute Gasteiger partial charge is 0.318 e. The Kier molecular flexibility index (Phi) is 3.18. The molecular formula is C19H23N3OS. The number of para-hydroxylation sites is 1. The Bertz CT molecular complexity index is 843. The summed E-state index contributed by atoms with van der Waals surface area (Å²) in [5.41, 5.74) is 3.96. The average Bonchev–Trinajstić information content (AvgIpc) is 2.88. The van der Waals surface area contributed by atoms with Gasteiger partial charge in [0.05, 0.1) is 15.6 Å². The van der Waals surface area contributed by atoms with Crippen molar-refractivity contribution in [3.63, 3.8) is 0 Å². The first kappa shape index (κ1) is 14.7. The maximum absolute atomic E-state index is 13.0. The first-order valence-electron chi connectivity index (χ1n) is 9.02. The number of carbonyl (C=O) groups excluding carboxylic acids is 1. The molecule has 1 N–H and O–H groups in total. The minimum Gasteiger partial charge on any atom is -0.318 e. The fraction of sp³-hybridized carbons (Fsp3) is 0.579. The highest BCUT2D eigenvalue weighted by Gasteiger charge is 2.54. The number of benzene rings is 1. The van der Waals surface area contributed by atoms with Gasteiger partial charge in [-0.1, -0.05) is 23.5 Å². The maximum Gasteiger partial charge on any atom is 0.246 e. The summed E-state index contributed by atoms with van der Waals surface area (Å²) in [7, 11) is 2.01. The summed E-state index contributed by atoms with van der Waals surface area (Å²) in [6, 6.07) is 8.26. The predicted octanol–water partition coefficient (Wildman–Crippen LogP) is 3.39. The molecule has 4 fully saturated rings. The van der Waals surface area contributed by atoms with E-state index in [0.717, 1.165) is 47.3 Å². The van der Waals surface area contributed by atoms with E-state index in [1.807, 2.05) is 19.2 Å². The second-order valence-corrected chi connectivity index (χ2v) is 9.17. The molecule has 0 unspecified atom stereocenters.